The third-order valence-electron chi connectivity index (χ3n) is 5.72. The predicted octanol–water partition coefficient (Wildman–Crippen LogP) is 7.03. The van der Waals surface area contributed by atoms with Crippen LogP contribution in [-0.4, -0.2) is 0 Å². The molecule has 0 amide bonds. The molecule has 0 aliphatic heterocycles. The van der Waals surface area contributed by atoms with Gasteiger partial charge in [0.25, 0.3) is 0 Å². The summed E-state index contributed by atoms with van der Waals surface area (Å²) in [5.74, 6) is 1.65. The average Bonchev–Trinajstić information content (AvgIpc) is 2.71. The van der Waals surface area contributed by atoms with Gasteiger partial charge in [-0.3, -0.25) is 0 Å². The summed E-state index contributed by atoms with van der Waals surface area (Å²) in [6, 6.07) is 11.8. The summed E-state index contributed by atoms with van der Waals surface area (Å²) in [5.41, 5.74) is 2.89. The van der Waals surface area contributed by atoms with Crippen molar-refractivity contribution in [3.05, 3.63) is 82.4 Å². The molecule has 0 saturated heterocycles. The first-order valence-electron chi connectivity index (χ1n) is 9.77. The standard InChI is InChI=1S/C25H20F4/c1-15-2-4-16(5-3-15)6-7-17-8-10-18(11-9-17)19-12-20-14-22(27)24(28)25(29)23(20)21(26)13-19/h2-5,12-14,17-18H,8-11H2,1H3. The minimum atomic E-state index is -1.64. The van der Waals surface area contributed by atoms with Gasteiger partial charge in [0.2, 0.25) is 0 Å². The zero-order valence-electron chi connectivity index (χ0n) is 16.0. The highest BCUT2D eigenvalue weighted by Crippen LogP contribution is 2.38. The van der Waals surface area contributed by atoms with Crippen LogP contribution in [0, 0.1) is 48.0 Å². The monoisotopic (exact) mass is 396 g/mol. The number of benzene rings is 3. The molecule has 1 saturated carbocycles. The van der Waals surface area contributed by atoms with Gasteiger partial charge in [0.1, 0.15) is 5.82 Å². The fourth-order valence-corrected chi connectivity index (χ4v) is 4.04. The van der Waals surface area contributed by atoms with E-state index in [-0.39, 0.29) is 17.2 Å². The molecule has 1 aliphatic carbocycles. The molecule has 0 unspecified atom stereocenters. The molecule has 0 atom stereocenters. The Hall–Kier alpha value is -2.80. The maximum Gasteiger partial charge on any atom is 0.195 e. The summed E-state index contributed by atoms with van der Waals surface area (Å²) in [6.45, 7) is 2.04. The molecule has 4 heteroatoms. The van der Waals surface area contributed by atoms with E-state index in [1.165, 1.54) is 11.6 Å². The van der Waals surface area contributed by atoms with Crippen molar-refractivity contribution in [2.45, 2.75) is 38.5 Å². The van der Waals surface area contributed by atoms with Gasteiger partial charge in [0, 0.05) is 11.5 Å². The predicted molar refractivity (Wildman–Crippen MR) is 107 cm³/mol. The summed E-state index contributed by atoms with van der Waals surface area (Å²) >= 11 is 0. The van der Waals surface area contributed by atoms with Gasteiger partial charge in [0.15, 0.2) is 17.5 Å². The topological polar surface area (TPSA) is 0 Å². The molecule has 0 radical (unpaired) electrons. The molecular formula is C25H20F4. The second-order valence-electron chi connectivity index (χ2n) is 7.77. The molecule has 0 nitrogen and oxygen atoms in total. The highest BCUT2D eigenvalue weighted by Gasteiger charge is 2.24. The first-order chi connectivity index (χ1) is 13.9. The van der Waals surface area contributed by atoms with Crippen molar-refractivity contribution in [2.75, 3.05) is 0 Å². The Morgan fingerprint density at radius 3 is 2.17 bits per heavy atom. The van der Waals surface area contributed by atoms with E-state index in [1.807, 2.05) is 31.2 Å². The highest BCUT2D eigenvalue weighted by atomic mass is 19.2. The molecule has 148 valence electrons. The number of hydrogen-bond donors (Lipinski definition) is 0. The maximum atomic E-state index is 14.4. The number of rotatable bonds is 1. The molecule has 1 aliphatic rings. The van der Waals surface area contributed by atoms with Crippen LogP contribution in [-0.2, 0) is 0 Å². The molecule has 1 fully saturated rings. The first kappa shape index (κ1) is 19.5. The Kier molecular flexibility index (Phi) is 5.32. The minimum Gasteiger partial charge on any atom is -0.206 e. The second kappa shape index (κ2) is 7.91. The van der Waals surface area contributed by atoms with Crippen molar-refractivity contribution in [1.29, 1.82) is 0 Å². The lowest BCUT2D eigenvalue weighted by Crippen LogP contribution is -2.12. The van der Waals surface area contributed by atoms with Crippen molar-refractivity contribution in [2.24, 2.45) is 5.92 Å². The van der Waals surface area contributed by atoms with Gasteiger partial charge < -0.3 is 0 Å². The van der Waals surface area contributed by atoms with Crippen LogP contribution in [0.15, 0.2) is 42.5 Å². The summed E-state index contributed by atoms with van der Waals surface area (Å²) < 4.78 is 55.3. The zero-order valence-corrected chi connectivity index (χ0v) is 16.0. The largest absolute Gasteiger partial charge is 0.206 e. The number of hydrogen-bond acceptors (Lipinski definition) is 0. The smallest absolute Gasteiger partial charge is 0.195 e. The van der Waals surface area contributed by atoms with E-state index in [9.17, 15) is 17.6 Å². The SMILES string of the molecule is Cc1ccc(C#CC2CCC(c3cc(F)c4c(F)c(F)c(F)cc4c3)CC2)cc1. The third-order valence-corrected chi connectivity index (χ3v) is 5.72. The van der Waals surface area contributed by atoms with Crippen molar-refractivity contribution < 1.29 is 17.6 Å². The molecule has 0 aromatic heterocycles. The van der Waals surface area contributed by atoms with Crippen LogP contribution in [0.3, 0.4) is 0 Å². The Balaban J connectivity index is 1.51. The Labute approximate surface area is 167 Å². The van der Waals surface area contributed by atoms with E-state index in [2.05, 4.69) is 11.8 Å². The molecule has 29 heavy (non-hydrogen) atoms. The van der Waals surface area contributed by atoms with Crippen LogP contribution in [0.2, 0.25) is 0 Å². The molecular weight excluding hydrogens is 376 g/mol. The minimum absolute atomic E-state index is 0.0534. The lowest BCUT2D eigenvalue weighted by atomic mass is 9.78. The van der Waals surface area contributed by atoms with E-state index < -0.39 is 28.7 Å². The Morgan fingerprint density at radius 1 is 0.793 bits per heavy atom. The second-order valence-corrected chi connectivity index (χ2v) is 7.77. The zero-order chi connectivity index (χ0) is 20.5. The van der Waals surface area contributed by atoms with E-state index >= 15 is 0 Å². The number of fused-ring (bicyclic) bond motifs is 1. The van der Waals surface area contributed by atoms with Gasteiger partial charge in [-0.1, -0.05) is 35.6 Å². The van der Waals surface area contributed by atoms with Crippen LogP contribution in [0.5, 0.6) is 0 Å². The quantitative estimate of drug-likeness (QED) is 0.235. The Morgan fingerprint density at radius 2 is 1.48 bits per heavy atom. The van der Waals surface area contributed by atoms with E-state index in [4.69, 9.17) is 0 Å². The number of aryl methyl sites for hydroxylation is 1. The van der Waals surface area contributed by atoms with Crippen LogP contribution in [0.4, 0.5) is 17.6 Å². The van der Waals surface area contributed by atoms with Crippen molar-refractivity contribution in [3.63, 3.8) is 0 Å². The summed E-state index contributed by atoms with van der Waals surface area (Å²) in [7, 11) is 0. The lowest BCUT2D eigenvalue weighted by molar-refractivity contribution is 0.384. The fourth-order valence-electron chi connectivity index (χ4n) is 4.04. The third kappa shape index (κ3) is 4.00. The Bertz CT molecular complexity index is 1110. The van der Waals surface area contributed by atoms with Gasteiger partial charge in [-0.15, -0.1) is 0 Å². The molecule has 0 spiro atoms. The molecule has 0 N–H and O–H groups in total. The van der Waals surface area contributed by atoms with Crippen LogP contribution < -0.4 is 0 Å². The normalized spacial score (nSPS) is 19.1. The highest BCUT2D eigenvalue weighted by molar-refractivity contribution is 5.84. The van der Waals surface area contributed by atoms with E-state index in [0.29, 0.717) is 5.56 Å². The molecule has 3 aromatic rings. The maximum absolute atomic E-state index is 14.4. The van der Waals surface area contributed by atoms with Gasteiger partial charge in [-0.05, 0) is 73.7 Å². The molecule has 0 bridgehead atoms. The molecule has 3 aromatic carbocycles. The molecule has 4 rings (SSSR count). The summed E-state index contributed by atoms with van der Waals surface area (Å²) in [6.07, 6.45) is 3.42. The van der Waals surface area contributed by atoms with Crippen molar-refractivity contribution in [1.82, 2.24) is 0 Å². The van der Waals surface area contributed by atoms with Crippen LogP contribution in [0.25, 0.3) is 10.8 Å². The van der Waals surface area contributed by atoms with E-state index in [1.54, 1.807) is 6.07 Å². The summed E-state index contributed by atoms with van der Waals surface area (Å²) in [4.78, 5) is 0. The molecule has 0 heterocycles. The van der Waals surface area contributed by atoms with Gasteiger partial charge >= 0.3 is 0 Å². The summed E-state index contributed by atoms with van der Waals surface area (Å²) in [5, 5.41) is -0.442. The van der Waals surface area contributed by atoms with Gasteiger partial charge in [-0.25, -0.2) is 17.6 Å². The van der Waals surface area contributed by atoms with Gasteiger partial charge in [-0.2, -0.15) is 0 Å². The van der Waals surface area contributed by atoms with Crippen LogP contribution in [0.1, 0.15) is 48.3 Å². The average molecular weight is 396 g/mol. The van der Waals surface area contributed by atoms with Gasteiger partial charge in [0.05, 0.1) is 5.39 Å². The van der Waals surface area contributed by atoms with Crippen molar-refractivity contribution in [3.8, 4) is 11.8 Å². The van der Waals surface area contributed by atoms with Crippen LogP contribution >= 0.6 is 0 Å². The van der Waals surface area contributed by atoms with Crippen molar-refractivity contribution >= 4 is 10.8 Å². The first-order valence-corrected chi connectivity index (χ1v) is 9.77. The lowest BCUT2D eigenvalue weighted by Gasteiger charge is -2.26. The number of halogens is 4. The fraction of sp³-hybridized carbons (Fsp3) is 0.280. The van der Waals surface area contributed by atoms with E-state index in [0.717, 1.165) is 37.3 Å².